The third-order valence-electron chi connectivity index (χ3n) is 6.50. The molecule has 6 rings (SSSR count). The van der Waals surface area contributed by atoms with E-state index in [1.165, 1.54) is 6.07 Å². The fourth-order valence-electron chi connectivity index (χ4n) is 4.78. The largest absolute Gasteiger partial charge is 0.353 e. The minimum absolute atomic E-state index is 0.0597. The first-order valence-corrected chi connectivity index (χ1v) is 12.7. The van der Waals surface area contributed by atoms with Crippen LogP contribution in [-0.4, -0.2) is 31.1 Å². The molecule has 1 amide bonds. The monoisotopic (exact) mass is 518 g/mol. The highest BCUT2D eigenvalue weighted by atomic mass is 19.1. The summed E-state index contributed by atoms with van der Waals surface area (Å²) in [5.41, 5.74) is 7.10. The number of hydrogen-bond donors (Lipinski definition) is 3. The minimum Gasteiger partial charge on any atom is -0.353 e. The van der Waals surface area contributed by atoms with Crippen molar-refractivity contribution in [2.24, 2.45) is 5.41 Å². The van der Waals surface area contributed by atoms with Crippen molar-refractivity contribution in [2.75, 3.05) is 5.32 Å². The number of halogens is 1. The lowest BCUT2D eigenvalue weighted by molar-refractivity contribution is -0.117. The van der Waals surface area contributed by atoms with Gasteiger partial charge in [-0.15, -0.1) is 0 Å². The molecule has 0 aliphatic rings. The molecule has 0 radical (unpaired) electrons. The average Bonchev–Trinajstić information content (AvgIpc) is 3.51. The van der Waals surface area contributed by atoms with Crippen LogP contribution in [0.3, 0.4) is 0 Å². The van der Waals surface area contributed by atoms with Gasteiger partial charge in [0.2, 0.25) is 5.91 Å². The van der Waals surface area contributed by atoms with Crippen molar-refractivity contribution in [2.45, 2.75) is 27.2 Å². The summed E-state index contributed by atoms with van der Waals surface area (Å²) < 4.78 is 14.6. The summed E-state index contributed by atoms with van der Waals surface area (Å²) in [5, 5.41) is 11.4. The molecular formula is C31H27FN6O. The molecule has 2 aromatic carbocycles. The van der Waals surface area contributed by atoms with Gasteiger partial charge in [0.05, 0.1) is 28.8 Å². The van der Waals surface area contributed by atoms with Gasteiger partial charge >= 0.3 is 0 Å². The Labute approximate surface area is 224 Å². The van der Waals surface area contributed by atoms with Crippen LogP contribution in [0.25, 0.3) is 55.7 Å². The van der Waals surface area contributed by atoms with Crippen molar-refractivity contribution in [3.8, 4) is 33.8 Å². The summed E-state index contributed by atoms with van der Waals surface area (Å²) >= 11 is 0. The van der Waals surface area contributed by atoms with Crippen LogP contribution in [0.2, 0.25) is 0 Å². The Morgan fingerprint density at radius 2 is 1.77 bits per heavy atom. The SMILES string of the molecule is CC(C)(C)CC(=O)Nc1cncc(-c2ccc3[nH]nc(-c4cc5c(-c6ccccc6F)cccc5[nH]4)c3n2)c1. The van der Waals surface area contributed by atoms with E-state index in [4.69, 9.17) is 4.98 Å². The summed E-state index contributed by atoms with van der Waals surface area (Å²) in [6.07, 6.45) is 3.75. The number of aromatic nitrogens is 5. The number of fused-ring (bicyclic) bond motifs is 2. The number of nitrogens with zero attached hydrogens (tertiary/aromatic N) is 3. The van der Waals surface area contributed by atoms with Gasteiger partial charge in [0.1, 0.15) is 17.0 Å². The molecular weight excluding hydrogens is 491 g/mol. The lowest BCUT2D eigenvalue weighted by Gasteiger charge is -2.17. The maximum absolute atomic E-state index is 14.6. The Kier molecular flexibility index (Phi) is 5.95. The van der Waals surface area contributed by atoms with Crippen LogP contribution in [0.5, 0.6) is 0 Å². The van der Waals surface area contributed by atoms with Crippen LogP contribution in [-0.2, 0) is 4.79 Å². The number of benzene rings is 2. The summed E-state index contributed by atoms with van der Waals surface area (Å²) in [6.45, 7) is 6.07. The molecule has 194 valence electrons. The predicted molar refractivity (Wildman–Crippen MR) is 153 cm³/mol. The molecule has 3 N–H and O–H groups in total. The molecule has 0 saturated heterocycles. The summed E-state index contributed by atoms with van der Waals surface area (Å²) in [4.78, 5) is 25.1. The van der Waals surface area contributed by atoms with E-state index in [0.29, 0.717) is 34.6 Å². The van der Waals surface area contributed by atoms with E-state index in [0.717, 1.165) is 33.2 Å². The molecule has 0 bridgehead atoms. The molecule has 0 aliphatic heterocycles. The molecule has 0 saturated carbocycles. The standard InChI is InChI=1S/C31H27FN6O/c1-31(2,3)15-28(39)34-19-13-18(16-33-17-19)24-11-12-26-29(36-24)30(38-37-26)27-14-22-20(8-6-10-25(22)35-27)21-7-4-5-9-23(21)32/h4-14,16-17,35H,15H2,1-3H3,(H,34,39)(H,37,38). The Morgan fingerprint density at radius 3 is 2.59 bits per heavy atom. The number of rotatable bonds is 5. The Hall–Kier alpha value is -4.85. The molecule has 0 aliphatic carbocycles. The second-order valence-electron chi connectivity index (χ2n) is 10.8. The van der Waals surface area contributed by atoms with Gasteiger partial charge < -0.3 is 10.3 Å². The number of anilines is 1. The number of hydrogen-bond acceptors (Lipinski definition) is 4. The normalized spacial score (nSPS) is 11.8. The summed E-state index contributed by atoms with van der Waals surface area (Å²) in [5.74, 6) is -0.328. The molecule has 0 spiro atoms. The molecule has 7 nitrogen and oxygen atoms in total. The van der Waals surface area contributed by atoms with Crippen LogP contribution < -0.4 is 5.32 Å². The quantitative estimate of drug-likeness (QED) is 0.222. The molecule has 8 heteroatoms. The van der Waals surface area contributed by atoms with Crippen molar-refractivity contribution < 1.29 is 9.18 Å². The smallest absolute Gasteiger partial charge is 0.224 e. The summed E-state index contributed by atoms with van der Waals surface area (Å²) in [7, 11) is 0. The van der Waals surface area contributed by atoms with Crippen molar-refractivity contribution in [1.82, 2.24) is 25.1 Å². The molecule has 6 aromatic rings. The number of amides is 1. The van der Waals surface area contributed by atoms with Crippen molar-refractivity contribution in [1.29, 1.82) is 0 Å². The van der Waals surface area contributed by atoms with Gasteiger partial charge in [-0.25, -0.2) is 9.37 Å². The average molecular weight is 519 g/mol. The molecule has 0 unspecified atom stereocenters. The van der Waals surface area contributed by atoms with E-state index < -0.39 is 0 Å². The first-order chi connectivity index (χ1) is 18.7. The molecule has 0 fully saturated rings. The number of carbonyl (C=O) groups is 1. The van der Waals surface area contributed by atoms with Gasteiger partial charge in [0.15, 0.2) is 0 Å². The molecule has 0 atom stereocenters. The Morgan fingerprint density at radius 1 is 0.949 bits per heavy atom. The van der Waals surface area contributed by atoms with Gasteiger partial charge in [-0.2, -0.15) is 5.10 Å². The number of aromatic amines is 2. The van der Waals surface area contributed by atoms with E-state index in [1.54, 1.807) is 24.5 Å². The van der Waals surface area contributed by atoms with Gasteiger partial charge in [0.25, 0.3) is 0 Å². The maximum atomic E-state index is 14.6. The van der Waals surface area contributed by atoms with E-state index >= 15 is 0 Å². The zero-order chi connectivity index (χ0) is 27.1. The zero-order valence-corrected chi connectivity index (χ0v) is 21.8. The number of H-pyrrole nitrogens is 2. The fraction of sp³-hybridized carbons (Fsp3) is 0.161. The van der Waals surface area contributed by atoms with E-state index in [1.807, 2.05) is 69.3 Å². The Balaban J connectivity index is 1.37. The first-order valence-electron chi connectivity index (χ1n) is 12.7. The van der Waals surface area contributed by atoms with Crippen LogP contribution in [0.4, 0.5) is 10.1 Å². The highest BCUT2D eigenvalue weighted by Gasteiger charge is 2.18. The Bertz CT molecular complexity index is 1850. The number of carbonyl (C=O) groups excluding carboxylic acids is 1. The van der Waals surface area contributed by atoms with Crippen molar-refractivity contribution in [3.63, 3.8) is 0 Å². The first kappa shape index (κ1) is 24.5. The second kappa shape index (κ2) is 9.47. The third-order valence-corrected chi connectivity index (χ3v) is 6.50. The van der Waals surface area contributed by atoms with Crippen LogP contribution in [0.15, 0.2) is 79.1 Å². The van der Waals surface area contributed by atoms with E-state index in [9.17, 15) is 9.18 Å². The molecule has 39 heavy (non-hydrogen) atoms. The van der Waals surface area contributed by atoms with Gasteiger partial charge in [-0.05, 0) is 47.4 Å². The highest BCUT2D eigenvalue weighted by Crippen LogP contribution is 2.35. The molecule has 4 heterocycles. The minimum atomic E-state index is -0.269. The van der Waals surface area contributed by atoms with Crippen molar-refractivity contribution in [3.05, 3.63) is 84.9 Å². The summed E-state index contributed by atoms with van der Waals surface area (Å²) in [6, 6.07) is 20.2. The lowest BCUT2D eigenvalue weighted by atomic mass is 9.92. The number of nitrogens with one attached hydrogen (secondary N) is 3. The maximum Gasteiger partial charge on any atom is 0.224 e. The molecule has 4 aromatic heterocycles. The van der Waals surface area contributed by atoms with Crippen LogP contribution >= 0.6 is 0 Å². The van der Waals surface area contributed by atoms with Gasteiger partial charge in [-0.1, -0.05) is 51.1 Å². The van der Waals surface area contributed by atoms with E-state index in [-0.39, 0.29) is 17.1 Å². The van der Waals surface area contributed by atoms with Gasteiger partial charge in [-0.3, -0.25) is 14.9 Å². The number of pyridine rings is 2. The van der Waals surface area contributed by atoms with Gasteiger partial charge in [0, 0.05) is 34.6 Å². The van der Waals surface area contributed by atoms with Crippen LogP contribution in [0, 0.1) is 11.2 Å². The highest BCUT2D eigenvalue weighted by molar-refractivity contribution is 6.00. The third kappa shape index (κ3) is 4.88. The van der Waals surface area contributed by atoms with Crippen molar-refractivity contribution >= 4 is 33.5 Å². The topological polar surface area (TPSA) is 99.4 Å². The van der Waals surface area contributed by atoms with Crippen LogP contribution in [0.1, 0.15) is 27.2 Å². The predicted octanol–water partition coefficient (Wildman–Crippen LogP) is 7.35. The second-order valence-corrected chi connectivity index (χ2v) is 10.8. The lowest BCUT2D eigenvalue weighted by Crippen LogP contribution is -2.19. The fourth-order valence-corrected chi connectivity index (χ4v) is 4.78. The zero-order valence-electron chi connectivity index (χ0n) is 21.8. The van der Waals surface area contributed by atoms with E-state index in [2.05, 4.69) is 25.5 Å².